The SMILES string of the molecule is COCC1(C(=O)OC(C)(C)C)CCC(O[Si](C)(C)C(C)(C)C)CC1. The predicted octanol–water partition coefficient (Wildman–Crippen LogP) is 4.93. The molecule has 0 amide bonds. The summed E-state index contributed by atoms with van der Waals surface area (Å²) in [5, 5.41) is 0.208. The van der Waals surface area contributed by atoms with E-state index < -0.39 is 19.3 Å². The lowest BCUT2D eigenvalue weighted by Gasteiger charge is -2.44. The lowest BCUT2D eigenvalue weighted by molar-refractivity contribution is -0.175. The van der Waals surface area contributed by atoms with Crippen molar-refractivity contribution in [3.05, 3.63) is 0 Å². The summed E-state index contributed by atoms with van der Waals surface area (Å²) in [5.74, 6) is -0.123. The second-order valence-electron chi connectivity index (χ2n) is 9.79. The van der Waals surface area contributed by atoms with Crippen LogP contribution in [0.25, 0.3) is 0 Å². The van der Waals surface area contributed by atoms with Crippen LogP contribution >= 0.6 is 0 Å². The van der Waals surface area contributed by atoms with Crippen LogP contribution in [0.5, 0.6) is 0 Å². The van der Waals surface area contributed by atoms with Crippen LogP contribution in [0.3, 0.4) is 0 Å². The molecule has 1 saturated carbocycles. The molecule has 1 rings (SSSR count). The van der Waals surface area contributed by atoms with Crippen LogP contribution in [0.2, 0.25) is 18.1 Å². The second kappa shape index (κ2) is 7.46. The van der Waals surface area contributed by atoms with Crippen LogP contribution in [-0.4, -0.2) is 39.7 Å². The normalized spacial score (nSPS) is 26.3. The molecular weight excluding hydrogens is 320 g/mol. The van der Waals surface area contributed by atoms with Gasteiger partial charge in [-0.3, -0.25) is 4.79 Å². The first-order chi connectivity index (χ1) is 10.7. The van der Waals surface area contributed by atoms with Crippen LogP contribution < -0.4 is 0 Å². The molecule has 0 N–H and O–H groups in total. The van der Waals surface area contributed by atoms with Crippen molar-refractivity contribution in [1.82, 2.24) is 0 Å². The quantitative estimate of drug-likeness (QED) is 0.516. The molecule has 0 spiro atoms. The van der Waals surface area contributed by atoms with E-state index in [9.17, 15) is 4.79 Å². The molecule has 0 aromatic carbocycles. The molecule has 5 heteroatoms. The average Bonchev–Trinajstić information content (AvgIpc) is 2.37. The molecule has 0 aromatic heterocycles. The number of carbonyl (C=O) groups excluding carboxylic acids is 1. The molecule has 0 heterocycles. The first kappa shape index (κ1) is 21.6. The number of methoxy groups -OCH3 is 1. The monoisotopic (exact) mass is 358 g/mol. The van der Waals surface area contributed by atoms with E-state index in [1.54, 1.807) is 7.11 Å². The minimum absolute atomic E-state index is 0.123. The molecule has 0 atom stereocenters. The van der Waals surface area contributed by atoms with Crippen LogP contribution in [0.4, 0.5) is 0 Å². The van der Waals surface area contributed by atoms with Crippen molar-refractivity contribution in [1.29, 1.82) is 0 Å². The largest absolute Gasteiger partial charge is 0.459 e. The van der Waals surface area contributed by atoms with Gasteiger partial charge in [0.05, 0.1) is 12.0 Å². The zero-order valence-corrected chi connectivity index (χ0v) is 18.2. The lowest BCUT2D eigenvalue weighted by Crippen LogP contribution is -2.48. The Labute approximate surface area is 149 Å². The number of rotatable bonds is 5. The minimum Gasteiger partial charge on any atom is -0.459 e. The van der Waals surface area contributed by atoms with Gasteiger partial charge in [0.2, 0.25) is 0 Å². The second-order valence-corrected chi connectivity index (χ2v) is 14.5. The molecule has 4 nitrogen and oxygen atoms in total. The van der Waals surface area contributed by atoms with E-state index in [1.807, 2.05) is 20.8 Å². The highest BCUT2D eigenvalue weighted by molar-refractivity contribution is 6.74. The fourth-order valence-corrected chi connectivity index (χ4v) is 4.35. The fraction of sp³-hybridized carbons (Fsp3) is 0.947. The van der Waals surface area contributed by atoms with Crippen molar-refractivity contribution < 1.29 is 18.7 Å². The summed E-state index contributed by atoms with van der Waals surface area (Å²) in [6.07, 6.45) is 3.59. The molecule has 0 aromatic rings. The molecule has 0 radical (unpaired) electrons. The van der Waals surface area contributed by atoms with Crippen molar-refractivity contribution in [2.24, 2.45) is 5.41 Å². The van der Waals surface area contributed by atoms with E-state index in [0.717, 1.165) is 25.7 Å². The maximum atomic E-state index is 12.7. The highest BCUT2D eigenvalue weighted by Gasteiger charge is 2.47. The van der Waals surface area contributed by atoms with Crippen molar-refractivity contribution in [2.45, 2.75) is 97.1 Å². The summed E-state index contributed by atoms with van der Waals surface area (Å²) in [6, 6.07) is 0. The number of ether oxygens (including phenoxy) is 2. The predicted molar refractivity (Wildman–Crippen MR) is 101 cm³/mol. The Bertz CT molecular complexity index is 424. The van der Waals surface area contributed by atoms with E-state index >= 15 is 0 Å². The van der Waals surface area contributed by atoms with Gasteiger partial charge < -0.3 is 13.9 Å². The summed E-state index contributed by atoms with van der Waals surface area (Å²) >= 11 is 0. The Morgan fingerprint density at radius 2 is 1.58 bits per heavy atom. The summed E-state index contributed by atoms with van der Waals surface area (Å²) in [5.41, 5.74) is -0.984. The standard InChI is InChI=1S/C19H38O4Si/c1-17(2,3)22-16(20)19(14-21-7)12-10-15(11-13-19)23-24(8,9)18(4,5)6/h15H,10-14H2,1-9H3. The Balaban J connectivity index is 2.76. The topological polar surface area (TPSA) is 44.8 Å². The molecule has 24 heavy (non-hydrogen) atoms. The molecule has 0 aliphatic heterocycles. The van der Waals surface area contributed by atoms with Gasteiger partial charge in [-0.15, -0.1) is 0 Å². The average molecular weight is 359 g/mol. The van der Waals surface area contributed by atoms with Gasteiger partial charge in [-0.05, 0) is 64.6 Å². The first-order valence-electron chi connectivity index (χ1n) is 9.13. The van der Waals surface area contributed by atoms with Crippen LogP contribution in [0.1, 0.15) is 67.2 Å². The number of esters is 1. The van der Waals surface area contributed by atoms with E-state index in [1.165, 1.54) is 0 Å². The van der Waals surface area contributed by atoms with Gasteiger partial charge in [0.1, 0.15) is 5.60 Å². The third-order valence-electron chi connectivity index (χ3n) is 5.41. The molecular formula is C19H38O4Si. The highest BCUT2D eigenvalue weighted by atomic mass is 28.4. The summed E-state index contributed by atoms with van der Waals surface area (Å²) in [7, 11) is -0.113. The van der Waals surface area contributed by atoms with Crippen molar-refractivity contribution in [3.8, 4) is 0 Å². The maximum absolute atomic E-state index is 12.7. The van der Waals surface area contributed by atoms with Crippen LogP contribution in [0, 0.1) is 5.41 Å². The van der Waals surface area contributed by atoms with Gasteiger partial charge in [0.25, 0.3) is 0 Å². The highest BCUT2D eigenvalue weighted by Crippen LogP contribution is 2.43. The van der Waals surface area contributed by atoms with Gasteiger partial charge in [-0.25, -0.2) is 0 Å². The van der Waals surface area contributed by atoms with Gasteiger partial charge in [0.15, 0.2) is 8.32 Å². The maximum Gasteiger partial charge on any atom is 0.314 e. The summed E-state index contributed by atoms with van der Waals surface area (Å²) < 4.78 is 17.6. The van der Waals surface area contributed by atoms with E-state index in [2.05, 4.69) is 33.9 Å². The number of hydrogen-bond acceptors (Lipinski definition) is 4. The Morgan fingerprint density at radius 1 is 1.08 bits per heavy atom. The van der Waals surface area contributed by atoms with Crippen LogP contribution in [-0.2, 0) is 18.7 Å². The molecule has 0 saturated heterocycles. The van der Waals surface area contributed by atoms with Gasteiger partial charge in [-0.2, -0.15) is 0 Å². The third-order valence-corrected chi connectivity index (χ3v) is 9.94. The summed E-state index contributed by atoms with van der Waals surface area (Å²) in [4.78, 5) is 12.7. The van der Waals surface area contributed by atoms with Crippen molar-refractivity contribution >= 4 is 14.3 Å². The zero-order chi connectivity index (χ0) is 18.8. The smallest absolute Gasteiger partial charge is 0.314 e. The lowest BCUT2D eigenvalue weighted by atomic mass is 9.73. The molecule has 142 valence electrons. The molecule has 1 fully saturated rings. The third kappa shape index (κ3) is 5.56. The molecule has 1 aliphatic carbocycles. The Kier molecular flexibility index (Phi) is 6.73. The van der Waals surface area contributed by atoms with Gasteiger partial charge in [0, 0.05) is 13.2 Å². The molecule has 0 unspecified atom stereocenters. The minimum atomic E-state index is -1.77. The molecule has 0 bridgehead atoms. The van der Waals surface area contributed by atoms with Crippen LogP contribution in [0.15, 0.2) is 0 Å². The summed E-state index contributed by atoms with van der Waals surface area (Å²) in [6.45, 7) is 17.5. The number of carbonyl (C=O) groups is 1. The zero-order valence-electron chi connectivity index (χ0n) is 17.2. The van der Waals surface area contributed by atoms with Crippen molar-refractivity contribution in [3.63, 3.8) is 0 Å². The Hall–Kier alpha value is -0.393. The van der Waals surface area contributed by atoms with Gasteiger partial charge >= 0.3 is 5.97 Å². The molecule has 1 aliphatic rings. The Morgan fingerprint density at radius 3 is 1.96 bits per heavy atom. The van der Waals surface area contributed by atoms with E-state index in [0.29, 0.717) is 6.61 Å². The van der Waals surface area contributed by atoms with E-state index in [4.69, 9.17) is 13.9 Å². The fourth-order valence-electron chi connectivity index (χ4n) is 2.93. The van der Waals surface area contributed by atoms with Gasteiger partial charge in [-0.1, -0.05) is 20.8 Å². The van der Waals surface area contributed by atoms with E-state index in [-0.39, 0.29) is 17.1 Å². The first-order valence-corrected chi connectivity index (χ1v) is 12.0. The number of hydrogen-bond donors (Lipinski definition) is 0. The van der Waals surface area contributed by atoms with Crippen molar-refractivity contribution in [2.75, 3.05) is 13.7 Å².